The van der Waals surface area contributed by atoms with Gasteiger partial charge in [-0.2, -0.15) is 0 Å². The predicted molar refractivity (Wildman–Crippen MR) is 53.8 cm³/mol. The van der Waals surface area contributed by atoms with Gasteiger partial charge in [0, 0.05) is 11.2 Å². The summed E-state index contributed by atoms with van der Waals surface area (Å²) in [6.45, 7) is 0. The maximum atomic E-state index is 5.75. The van der Waals surface area contributed by atoms with Crippen LogP contribution in [0, 0.1) is 0 Å². The van der Waals surface area contributed by atoms with Crippen molar-refractivity contribution in [3.05, 3.63) is 24.3 Å². The molecule has 2 N–H and O–H groups in total. The summed E-state index contributed by atoms with van der Waals surface area (Å²) in [6.07, 6.45) is 0. The number of rotatable bonds is 1. The molecule has 0 unspecified atom stereocenters. The van der Waals surface area contributed by atoms with Crippen molar-refractivity contribution in [2.75, 3.05) is 5.73 Å². The summed E-state index contributed by atoms with van der Waals surface area (Å²) in [5.74, 6) is 0. The van der Waals surface area contributed by atoms with Crippen LogP contribution in [0.3, 0.4) is 0 Å². The number of para-hydroxylation sites is 1. The average molecular weight is 175 g/mol. The van der Waals surface area contributed by atoms with Crippen molar-refractivity contribution in [3.8, 4) is 0 Å². The highest BCUT2D eigenvalue weighted by Crippen LogP contribution is 2.03. The molecular formula is C6H8B3NO3. The van der Waals surface area contributed by atoms with Crippen molar-refractivity contribution in [2.45, 2.75) is 0 Å². The SMILES string of the molecule is Nc1ccccc1B1OBOBO1. The van der Waals surface area contributed by atoms with Gasteiger partial charge in [-0.1, -0.05) is 18.2 Å². The Morgan fingerprint density at radius 3 is 2.54 bits per heavy atom. The van der Waals surface area contributed by atoms with E-state index in [2.05, 4.69) is 0 Å². The first kappa shape index (κ1) is 8.68. The molecule has 1 aromatic carbocycles. The molecule has 13 heavy (non-hydrogen) atoms. The molecule has 1 fully saturated rings. The van der Waals surface area contributed by atoms with Crippen LogP contribution >= 0.6 is 0 Å². The highest BCUT2D eigenvalue weighted by Gasteiger charge is 2.26. The normalized spacial score (nSPS) is 16.2. The van der Waals surface area contributed by atoms with Crippen LogP contribution in [-0.2, 0) is 13.7 Å². The number of benzene rings is 1. The van der Waals surface area contributed by atoms with Gasteiger partial charge in [-0.3, -0.25) is 0 Å². The van der Waals surface area contributed by atoms with Crippen molar-refractivity contribution < 1.29 is 13.7 Å². The highest BCUT2D eigenvalue weighted by molar-refractivity contribution is 6.72. The molecular weight excluding hydrogens is 167 g/mol. The van der Waals surface area contributed by atoms with Gasteiger partial charge >= 0.3 is 22.5 Å². The second-order valence-electron chi connectivity index (χ2n) is 2.73. The molecule has 0 radical (unpaired) electrons. The van der Waals surface area contributed by atoms with Gasteiger partial charge in [-0.25, -0.2) is 0 Å². The molecule has 2 rings (SSSR count). The summed E-state index contributed by atoms with van der Waals surface area (Å²) in [5.41, 5.74) is 7.28. The quantitative estimate of drug-likeness (QED) is 0.419. The number of hydrogen-bond donors (Lipinski definition) is 1. The van der Waals surface area contributed by atoms with Crippen LogP contribution in [0.2, 0.25) is 0 Å². The summed E-state index contributed by atoms with van der Waals surface area (Å²) in [7, 11) is 0.104. The van der Waals surface area contributed by atoms with Crippen LogP contribution < -0.4 is 11.2 Å². The number of anilines is 1. The molecule has 64 valence electrons. The molecule has 0 saturated carbocycles. The summed E-state index contributed by atoms with van der Waals surface area (Å²) >= 11 is 0. The molecule has 0 atom stereocenters. The van der Waals surface area contributed by atoms with E-state index in [9.17, 15) is 0 Å². The predicted octanol–water partition coefficient (Wildman–Crippen LogP) is -1.44. The van der Waals surface area contributed by atoms with E-state index in [1.807, 2.05) is 24.3 Å². The Kier molecular flexibility index (Phi) is 2.58. The first-order valence-electron chi connectivity index (χ1n) is 4.03. The van der Waals surface area contributed by atoms with Gasteiger partial charge < -0.3 is 19.4 Å². The van der Waals surface area contributed by atoms with Gasteiger partial charge in [0.25, 0.3) is 0 Å². The lowest BCUT2D eigenvalue weighted by atomic mass is 9.74. The maximum Gasteiger partial charge on any atom is 0.468 e. The Bertz CT molecular complexity index is 292. The van der Waals surface area contributed by atoms with Crippen LogP contribution in [0.25, 0.3) is 0 Å². The Labute approximate surface area is 78.1 Å². The monoisotopic (exact) mass is 175 g/mol. The second kappa shape index (κ2) is 3.87. The van der Waals surface area contributed by atoms with Crippen LogP contribution in [0.4, 0.5) is 5.69 Å². The number of nitrogen functional groups attached to an aromatic ring is 1. The molecule has 0 aliphatic carbocycles. The number of nitrogens with two attached hydrogens (primary N) is 1. The molecule has 1 aliphatic heterocycles. The van der Waals surface area contributed by atoms with E-state index in [1.54, 1.807) is 0 Å². The molecule has 1 heterocycles. The summed E-state index contributed by atoms with van der Waals surface area (Å²) in [6, 6.07) is 7.47. The average Bonchev–Trinajstić information content (AvgIpc) is 2.20. The largest absolute Gasteiger partial charge is 0.468 e. The fraction of sp³-hybridized carbons (Fsp3) is 0. The van der Waals surface area contributed by atoms with Crippen molar-refractivity contribution in [2.24, 2.45) is 0 Å². The second-order valence-corrected chi connectivity index (χ2v) is 2.73. The maximum absolute atomic E-state index is 5.75. The first-order chi connectivity index (χ1) is 6.38. The lowest BCUT2D eigenvalue weighted by Crippen LogP contribution is -2.45. The van der Waals surface area contributed by atoms with Gasteiger partial charge in [0.1, 0.15) is 0 Å². The van der Waals surface area contributed by atoms with E-state index in [0.29, 0.717) is 5.69 Å². The van der Waals surface area contributed by atoms with Crippen LogP contribution in [0.1, 0.15) is 0 Å². The van der Waals surface area contributed by atoms with E-state index < -0.39 is 7.12 Å². The van der Waals surface area contributed by atoms with Gasteiger partial charge in [-0.15, -0.1) is 0 Å². The third kappa shape index (κ3) is 1.88. The fourth-order valence-corrected chi connectivity index (χ4v) is 1.21. The zero-order chi connectivity index (χ0) is 9.10. The standard InChI is InChI=1S/C6H8B3NO3/c10-6-4-2-1-3-5(6)9-12-7-11-8-13-9/h1-4,7-8H,10H2. The Hall–Kier alpha value is -0.905. The van der Waals surface area contributed by atoms with Gasteiger partial charge in [-0.05, 0) is 6.07 Å². The van der Waals surface area contributed by atoms with E-state index in [1.165, 1.54) is 0 Å². The van der Waals surface area contributed by atoms with Crippen LogP contribution in [0.15, 0.2) is 24.3 Å². The van der Waals surface area contributed by atoms with Crippen molar-refractivity contribution >= 4 is 33.6 Å². The molecule has 0 amide bonds. The van der Waals surface area contributed by atoms with E-state index in [0.717, 1.165) is 5.46 Å². The van der Waals surface area contributed by atoms with Crippen molar-refractivity contribution in [3.63, 3.8) is 0 Å². The molecule has 1 saturated heterocycles. The molecule has 1 aliphatic rings. The molecule has 7 heteroatoms. The zero-order valence-corrected chi connectivity index (χ0v) is 7.10. The summed E-state index contributed by atoms with van der Waals surface area (Å²) in [4.78, 5) is 0. The van der Waals surface area contributed by atoms with E-state index in [4.69, 9.17) is 19.4 Å². The topological polar surface area (TPSA) is 53.7 Å². The van der Waals surface area contributed by atoms with Gasteiger partial charge in [0.2, 0.25) is 0 Å². The highest BCUT2D eigenvalue weighted by atomic mass is 16.7. The third-order valence-electron chi connectivity index (χ3n) is 1.86. The zero-order valence-electron chi connectivity index (χ0n) is 7.10. The molecule has 1 aromatic rings. The molecule has 0 bridgehead atoms. The van der Waals surface area contributed by atoms with Crippen LogP contribution in [0.5, 0.6) is 0 Å². The fourth-order valence-electron chi connectivity index (χ4n) is 1.21. The molecule has 0 aromatic heterocycles. The van der Waals surface area contributed by atoms with Gasteiger partial charge in [0.15, 0.2) is 0 Å². The van der Waals surface area contributed by atoms with E-state index in [-0.39, 0.29) is 15.4 Å². The lowest BCUT2D eigenvalue weighted by Gasteiger charge is -2.20. The Morgan fingerprint density at radius 1 is 1.15 bits per heavy atom. The Balaban J connectivity index is 2.18. The minimum absolute atomic E-state index is 0.249. The minimum atomic E-state index is -0.394. The smallest absolute Gasteiger partial charge is 0.458 e. The molecule has 0 spiro atoms. The van der Waals surface area contributed by atoms with Crippen molar-refractivity contribution in [1.82, 2.24) is 0 Å². The van der Waals surface area contributed by atoms with E-state index >= 15 is 0 Å². The van der Waals surface area contributed by atoms with Crippen LogP contribution in [-0.4, -0.2) is 22.5 Å². The minimum Gasteiger partial charge on any atom is -0.458 e. The summed E-state index contributed by atoms with van der Waals surface area (Å²) in [5, 5.41) is 0. The number of hydrogen-bond acceptors (Lipinski definition) is 4. The lowest BCUT2D eigenvalue weighted by molar-refractivity contribution is 0.334. The van der Waals surface area contributed by atoms with Gasteiger partial charge in [0.05, 0.1) is 0 Å². The molecule has 4 nitrogen and oxygen atoms in total. The first-order valence-corrected chi connectivity index (χ1v) is 4.03. The van der Waals surface area contributed by atoms with Crippen molar-refractivity contribution in [1.29, 1.82) is 0 Å². The third-order valence-corrected chi connectivity index (χ3v) is 1.86. The summed E-state index contributed by atoms with van der Waals surface area (Å²) < 4.78 is 15.3. The Morgan fingerprint density at radius 2 is 1.85 bits per heavy atom.